The highest BCUT2D eigenvalue weighted by molar-refractivity contribution is 5.34. The van der Waals surface area contributed by atoms with Crippen LogP contribution in [-0.2, 0) is 19.5 Å². The molecule has 1 aromatic carbocycles. The summed E-state index contributed by atoms with van der Waals surface area (Å²) < 4.78 is 0. The van der Waals surface area contributed by atoms with Crippen molar-refractivity contribution in [1.82, 2.24) is 4.90 Å². The number of nitrogens with zero attached hydrogens (tertiary/aromatic N) is 1. The molecule has 2 heteroatoms. The van der Waals surface area contributed by atoms with Crippen LogP contribution in [0.4, 0.5) is 0 Å². The minimum absolute atomic E-state index is 0.813. The summed E-state index contributed by atoms with van der Waals surface area (Å²) >= 11 is 0. The van der Waals surface area contributed by atoms with Gasteiger partial charge in [-0.15, -0.1) is 0 Å². The number of fused-ring (bicyclic) bond motifs is 1. The Morgan fingerprint density at radius 3 is 2.80 bits per heavy atom. The lowest BCUT2D eigenvalue weighted by Gasteiger charge is -2.04. The maximum absolute atomic E-state index is 5.49. The number of hydrogen-bond donors (Lipinski definition) is 1. The normalized spacial score (nSPS) is 15.6. The van der Waals surface area contributed by atoms with Gasteiger partial charge in [-0.05, 0) is 49.5 Å². The molecule has 1 aliphatic heterocycles. The summed E-state index contributed by atoms with van der Waals surface area (Å²) in [5, 5.41) is 0. The molecule has 0 saturated heterocycles. The molecule has 2 N–H and O–H groups in total. The second-order valence-electron chi connectivity index (χ2n) is 4.52. The molecule has 2 nitrogen and oxygen atoms in total. The molecule has 1 aromatic rings. The van der Waals surface area contributed by atoms with Gasteiger partial charge in [0.25, 0.3) is 0 Å². The number of hydrogen-bond acceptors (Lipinski definition) is 2. The highest BCUT2D eigenvalue weighted by atomic mass is 15.1. The number of benzene rings is 1. The van der Waals surface area contributed by atoms with Crippen molar-refractivity contribution in [1.29, 1.82) is 0 Å². The smallest absolute Gasteiger partial charge is 0.0237 e. The zero-order valence-electron chi connectivity index (χ0n) is 9.50. The second kappa shape index (κ2) is 4.77. The van der Waals surface area contributed by atoms with Crippen LogP contribution in [0.1, 0.15) is 29.5 Å². The predicted octanol–water partition coefficient (Wildman–Crippen LogP) is 1.91. The molecule has 0 amide bonds. The molecule has 1 aliphatic rings. The number of unbranched alkanes of at least 4 members (excludes halogenated alkanes) is 1. The van der Waals surface area contributed by atoms with Crippen molar-refractivity contribution in [2.75, 3.05) is 13.6 Å². The SMILES string of the molecule is CN1Cc2ccc(CCCCN)cc2C1. The Labute approximate surface area is 92.1 Å². The summed E-state index contributed by atoms with van der Waals surface area (Å²) in [5.74, 6) is 0. The highest BCUT2D eigenvalue weighted by Crippen LogP contribution is 2.22. The van der Waals surface area contributed by atoms with E-state index in [4.69, 9.17) is 5.73 Å². The third-order valence-corrected chi connectivity index (χ3v) is 3.07. The lowest BCUT2D eigenvalue weighted by atomic mass is 10.0. The van der Waals surface area contributed by atoms with Crippen molar-refractivity contribution in [3.8, 4) is 0 Å². The van der Waals surface area contributed by atoms with Gasteiger partial charge in [0, 0.05) is 13.1 Å². The quantitative estimate of drug-likeness (QED) is 0.759. The average molecular weight is 204 g/mol. The van der Waals surface area contributed by atoms with Crippen LogP contribution in [0.25, 0.3) is 0 Å². The molecule has 0 aliphatic carbocycles. The third kappa shape index (κ3) is 2.58. The van der Waals surface area contributed by atoms with Crippen molar-refractivity contribution >= 4 is 0 Å². The molecule has 1 heterocycles. The minimum atomic E-state index is 0.813. The fourth-order valence-corrected chi connectivity index (χ4v) is 2.25. The van der Waals surface area contributed by atoms with E-state index in [1.807, 2.05) is 0 Å². The van der Waals surface area contributed by atoms with Crippen LogP contribution in [0.5, 0.6) is 0 Å². The molecule has 0 aromatic heterocycles. The summed E-state index contributed by atoms with van der Waals surface area (Å²) in [6.07, 6.45) is 3.52. The molecule has 0 atom stereocenters. The van der Waals surface area contributed by atoms with Crippen molar-refractivity contribution in [3.63, 3.8) is 0 Å². The highest BCUT2D eigenvalue weighted by Gasteiger charge is 2.14. The van der Waals surface area contributed by atoms with Gasteiger partial charge >= 0.3 is 0 Å². The minimum Gasteiger partial charge on any atom is -0.330 e. The lowest BCUT2D eigenvalue weighted by molar-refractivity contribution is 0.353. The Bertz CT molecular complexity index is 333. The molecule has 0 radical (unpaired) electrons. The van der Waals surface area contributed by atoms with E-state index in [9.17, 15) is 0 Å². The van der Waals surface area contributed by atoms with E-state index >= 15 is 0 Å². The Hall–Kier alpha value is -0.860. The van der Waals surface area contributed by atoms with Crippen molar-refractivity contribution < 1.29 is 0 Å². The van der Waals surface area contributed by atoms with Gasteiger partial charge in [0.05, 0.1) is 0 Å². The maximum atomic E-state index is 5.49. The van der Waals surface area contributed by atoms with Crippen molar-refractivity contribution in [2.24, 2.45) is 5.73 Å². The summed E-state index contributed by atoms with van der Waals surface area (Å²) in [7, 11) is 2.17. The van der Waals surface area contributed by atoms with E-state index in [1.165, 1.54) is 29.5 Å². The standard InChI is InChI=1S/C13H20N2/c1-15-9-12-6-5-11(4-2-3-7-14)8-13(12)10-15/h5-6,8H,2-4,7,9-10,14H2,1H3. The maximum Gasteiger partial charge on any atom is 0.0237 e. The molecule has 0 saturated carbocycles. The first-order valence-corrected chi connectivity index (χ1v) is 5.79. The van der Waals surface area contributed by atoms with Gasteiger partial charge in [-0.2, -0.15) is 0 Å². The average Bonchev–Trinajstić information content (AvgIpc) is 2.57. The molecular weight excluding hydrogens is 184 g/mol. The van der Waals surface area contributed by atoms with E-state index in [-0.39, 0.29) is 0 Å². The fraction of sp³-hybridized carbons (Fsp3) is 0.538. The van der Waals surface area contributed by atoms with Gasteiger partial charge in [0.15, 0.2) is 0 Å². The molecule has 0 fully saturated rings. The first-order valence-electron chi connectivity index (χ1n) is 5.79. The largest absolute Gasteiger partial charge is 0.330 e. The molecular formula is C13H20N2. The molecule has 15 heavy (non-hydrogen) atoms. The second-order valence-corrected chi connectivity index (χ2v) is 4.52. The first-order chi connectivity index (χ1) is 7.29. The Kier molecular flexibility index (Phi) is 3.39. The number of rotatable bonds is 4. The van der Waals surface area contributed by atoms with Crippen LogP contribution in [-0.4, -0.2) is 18.5 Å². The molecule has 0 unspecified atom stereocenters. The Balaban J connectivity index is 2.00. The topological polar surface area (TPSA) is 29.3 Å². The van der Waals surface area contributed by atoms with Gasteiger partial charge in [-0.3, -0.25) is 4.90 Å². The molecule has 0 bridgehead atoms. The fourth-order valence-electron chi connectivity index (χ4n) is 2.25. The predicted molar refractivity (Wildman–Crippen MR) is 63.6 cm³/mol. The summed E-state index contributed by atoms with van der Waals surface area (Å²) in [6, 6.07) is 6.93. The third-order valence-electron chi connectivity index (χ3n) is 3.07. The van der Waals surface area contributed by atoms with Gasteiger partial charge in [-0.1, -0.05) is 18.2 Å². The first kappa shape index (κ1) is 10.7. The van der Waals surface area contributed by atoms with Crippen LogP contribution in [0.15, 0.2) is 18.2 Å². The van der Waals surface area contributed by atoms with Gasteiger partial charge in [0.1, 0.15) is 0 Å². The van der Waals surface area contributed by atoms with Crippen LogP contribution in [0.2, 0.25) is 0 Å². The zero-order valence-corrected chi connectivity index (χ0v) is 9.50. The van der Waals surface area contributed by atoms with Crippen molar-refractivity contribution in [2.45, 2.75) is 32.4 Å². The summed E-state index contributed by atoms with van der Waals surface area (Å²) in [6.45, 7) is 3.03. The van der Waals surface area contributed by atoms with Gasteiger partial charge in [0.2, 0.25) is 0 Å². The van der Waals surface area contributed by atoms with E-state index in [0.29, 0.717) is 0 Å². The Morgan fingerprint density at radius 2 is 2.00 bits per heavy atom. The number of nitrogens with two attached hydrogens (primary N) is 1. The molecule has 82 valence electrons. The molecule has 0 spiro atoms. The zero-order chi connectivity index (χ0) is 10.7. The van der Waals surface area contributed by atoms with Crippen LogP contribution >= 0.6 is 0 Å². The van der Waals surface area contributed by atoms with Crippen LogP contribution < -0.4 is 5.73 Å². The monoisotopic (exact) mass is 204 g/mol. The summed E-state index contributed by atoms with van der Waals surface area (Å²) in [5.41, 5.74) is 9.98. The van der Waals surface area contributed by atoms with Crippen LogP contribution in [0.3, 0.4) is 0 Å². The van der Waals surface area contributed by atoms with Crippen LogP contribution in [0, 0.1) is 0 Å². The van der Waals surface area contributed by atoms with E-state index in [1.54, 1.807) is 0 Å². The van der Waals surface area contributed by atoms with Gasteiger partial charge < -0.3 is 5.73 Å². The summed E-state index contributed by atoms with van der Waals surface area (Å²) in [4.78, 5) is 2.36. The van der Waals surface area contributed by atoms with E-state index in [0.717, 1.165) is 26.1 Å². The van der Waals surface area contributed by atoms with Crippen molar-refractivity contribution in [3.05, 3.63) is 34.9 Å². The molecule has 2 rings (SSSR count). The van der Waals surface area contributed by atoms with E-state index in [2.05, 4.69) is 30.1 Å². The Morgan fingerprint density at radius 1 is 1.20 bits per heavy atom. The van der Waals surface area contributed by atoms with E-state index < -0.39 is 0 Å². The lowest BCUT2D eigenvalue weighted by Crippen LogP contribution is -2.07. The van der Waals surface area contributed by atoms with Gasteiger partial charge in [-0.25, -0.2) is 0 Å². The number of aryl methyl sites for hydroxylation is 1.